The molecule has 3 heteroatoms. The lowest BCUT2D eigenvalue weighted by Crippen LogP contribution is -2.08. The minimum absolute atomic E-state index is 0. The van der Waals surface area contributed by atoms with Gasteiger partial charge in [0.25, 0.3) is 0 Å². The van der Waals surface area contributed by atoms with Crippen LogP contribution in [0, 0.1) is 6.92 Å². The summed E-state index contributed by atoms with van der Waals surface area (Å²) in [6.07, 6.45) is 1.69. The van der Waals surface area contributed by atoms with Crippen molar-refractivity contribution in [2.45, 2.75) is 13.0 Å². The van der Waals surface area contributed by atoms with E-state index in [1.807, 2.05) is 25.1 Å². The van der Waals surface area contributed by atoms with Crippen molar-refractivity contribution in [3.8, 4) is 0 Å². The molecule has 13 heavy (non-hydrogen) atoms. The summed E-state index contributed by atoms with van der Waals surface area (Å²) in [5.41, 5.74) is 7.87. The van der Waals surface area contributed by atoms with E-state index in [0.717, 1.165) is 11.1 Å². The van der Waals surface area contributed by atoms with E-state index in [1.165, 1.54) is 0 Å². The summed E-state index contributed by atoms with van der Waals surface area (Å²) in [7, 11) is 0. The van der Waals surface area contributed by atoms with Crippen LogP contribution in [0.1, 0.15) is 17.2 Å². The molecule has 0 amide bonds. The SMILES string of the molecule is C=C[C@@H](N)c1c(C)cccc1Cl.Cl. The molecule has 72 valence electrons. The minimum atomic E-state index is -0.168. The Morgan fingerprint density at radius 1 is 1.54 bits per heavy atom. The van der Waals surface area contributed by atoms with Crippen molar-refractivity contribution >= 4 is 24.0 Å². The van der Waals surface area contributed by atoms with Crippen LogP contribution in [-0.4, -0.2) is 0 Å². The predicted octanol–water partition coefficient (Wildman–Crippen LogP) is 3.26. The number of hydrogen-bond donors (Lipinski definition) is 1. The lowest BCUT2D eigenvalue weighted by molar-refractivity contribution is 0.903. The third kappa shape index (κ3) is 2.73. The molecule has 0 radical (unpaired) electrons. The Labute approximate surface area is 90.0 Å². The zero-order valence-electron chi connectivity index (χ0n) is 7.46. The lowest BCUT2D eigenvalue weighted by Gasteiger charge is -2.11. The van der Waals surface area contributed by atoms with Crippen molar-refractivity contribution in [3.63, 3.8) is 0 Å². The van der Waals surface area contributed by atoms with Crippen LogP contribution in [0.25, 0.3) is 0 Å². The maximum atomic E-state index is 5.98. The Bertz CT molecular complexity index is 277. The molecular weight excluding hydrogens is 205 g/mol. The summed E-state index contributed by atoms with van der Waals surface area (Å²) < 4.78 is 0. The van der Waals surface area contributed by atoms with Crippen LogP contribution in [0.5, 0.6) is 0 Å². The van der Waals surface area contributed by atoms with Crippen LogP contribution < -0.4 is 5.73 Å². The largest absolute Gasteiger partial charge is 0.321 e. The lowest BCUT2D eigenvalue weighted by atomic mass is 10.0. The van der Waals surface area contributed by atoms with Gasteiger partial charge in [-0.15, -0.1) is 19.0 Å². The monoisotopic (exact) mass is 217 g/mol. The molecule has 0 bridgehead atoms. The molecule has 0 saturated heterocycles. The van der Waals surface area contributed by atoms with Gasteiger partial charge in [-0.2, -0.15) is 0 Å². The molecule has 1 aromatic rings. The summed E-state index contributed by atoms with van der Waals surface area (Å²) in [5, 5.41) is 0.711. The topological polar surface area (TPSA) is 26.0 Å². The second-order valence-corrected chi connectivity index (χ2v) is 3.14. The standard InChI is InChI=1S/C10H12ClN.ClH/c1-3-9(12)10-7(2)5-4-6-8(10)11;/h3-6,9H,1,12H2,2H3;1H/t9-;/m1./s1. The van der Waals surface area contributed by atoms with Gasteiger partial charge in [-0.3, -0.25) is 0 Å². The van der Waals surface area contributed by atoms with Crippen molar-refractivity contribution in [3.05, 3.63) is 47.0 Å². The molecule has 1 atom stereocenters. The number of hydrogen-bond acceptors (Lipinski definition) is 1. The van der Waals surface area contributed by atoms with E-state index in [9.17, 15) is 0 Å². The predicted molar refractivity (Wildman–Crippen MR) is 60.6 cm³/mol. The van der Waals surface area contributed by atoms with Crippen LogP contribution >= 0.6 is 24.0 Å². The Morgan fingerprint density at radius 2 is 2.15 bits per heavy atom. The molecule has 1 rings (SSSR count). The Balaban J connectivity index is 0.00000144. The smallest absolute Gasteiger partial charge is 0.0496 e. The van der Waals surface area contributed by atoms with E-state index in [4.69, 9.17) is 17.3 Å². The highest BCUT2D eigenvalue weighted by molar-refractivity contribution is 6.31. The third-order valence-electron chi connectivity index (χ3n) is 1.86. The summed E-state index contributed by atoms with van der Waals surface area (Å²) in [6, 6.07) is 5.58. The van der Waals surface area contributed by atoms with Gasteiger partial charge in [-0.25, -0.2) is 0 Å². The number of halogens is 2. The average molecular weight is 218 g/mol. The first-order valence-electron chi connectivity index (χ1n) is 3.80. The summed E-state index contributed by atoms with van der Waals surface area (Å²) in [5.74, 6) is 0. The molecule has 0 aliphatic carbocycles. The van der Waals surface area contributed by atoms with Crippen molar-refractivity contribution in [2.24, 2.45) is 5.73 Å². The van der Waals surface area contributed by atoms with Gasteiger partial charge >= 0.3 is 0 Å². The van der Waals surface area contributed by atoms with E-state index >= 15 is 0 Å². The molecule has 0 aromatic heterocycles. The first-order chi connectivity index (χ1) is 5.66. The zero-order chi connectivity index (χ0) is 9.14. The van der Waals surface area contributed by atoms with Crippen molar-refractivity contribution in [2.75, 3.05) is 0 Å². The van der Waals surface area contributed by atoms with E-state index in [1.54, 1.807) is 6.08 Å². The molecule has 1 nitrogen and oxygen atoms in total. The Morgan fingerprint density at radius 3 is 2.62 bits per heavy atom. The summed E-state index contributed by atoms with van der Waals surface area (Å²) in [6.45, 7) is 5.63. The van der Waals surface area contributed by atoms with Gasteiger partial charge in [-0.05, 0) is 24.1 Å². The summed E-state index contributed by atoms with van der Waals surface area (Å²) >= 11 is 5.98. The van der Waals surface area contributed by atoms with Crippen LogP contribution in [0.2, 0.25) is 5.02 Å². The molecule has 0 fully saturated rings. The average Bonchev–Trinajstić information content (AvgIpc) is 2.03. The fourth-order valence-electron chi connectivity index (χ4n) is 1.18. The third-order valence-corrected chi connectivity index (χ3v) is 2.19. The Kier molecular flexibility index (Phi) is 5.07. The van der Waals surface area contributed by atoms with Gasteiger partial charge in [0.05, 0.1) is 0 Å². The molecule has 0 heterocycles. The van der Waals surface area contributed by atoms with Gasteiger partial charge in [0.1, 0.15) is 0 Å². The number of aryl methyl sites for hydroxylation is 1. The van der Waals surface area contributed by atoms with Crippen LogP contribution in [0.4, 0.5) is 0 Å². The number of nitrogens with two attached hydrogens (primary N) is 1. The van der Waals surface area contributed by atoms with Crippen molar-refractivity contribution < 1.29 is 0 Å². The summed E-state index contributed by atoms with van der Waals surface area (Å²) in [4.78, 5) is 0. The quantitative estimate of drug-likeness (QED) is 0.757. The minimum Gasteiger partial charge on any atom is -0.321 e. The zero-order valence-corrected chi connectivity index (χ0v) is 9.03. The number of benzene rings is 1. The molecule has 0 unspecified atom stereocenters. The van der Waals surface area contributed by atoms with E-state index in [2.05, 4.69) is 6.58 Å². The molecule has 0 spiro atoms. The fourth-order valence-corrected chi connectivity index (χ4v) is 1.53. The van der Waals surface area contributed by atoms with Crippen LogP contribution in [0.3, 0.4) is 0 Å². The molecule has 0 saturated carbocycles. The van der Waals surface area contributed by atoms with Gasteiger partial charge in [-0.1, -0.05) is 29.8 Å². The van der Waals surface area contributed by atoms with E-state index < -0.39 is 0 Å². The maximum absolute atomic E-state index is 5.98. The molecule has 0 aliphatic rings. The van der Waals surface area contributed by atoms with Crippen LogP contribution in [-0.2, 0) is 0 Å². The highest BCUT2D eigenvalue weighted by Crippen LogP contribution is 2.25. The van der Waals surface area contributed by atoms with E-state index in [-0.39, 0.29) is 18.4 Å². The van der Waals surface area contributed by atoms with Gasteiger partial charge < -0.3 is 5.73 Å². The molecule has 2 N–H and O–H groups in total. The van der Waals surface area contributed by atoms with Gasteiger partial charge in [0.2, 0.25) is 0 Å². The molecule has 1 aromatic carbocycles. The fraction of sp³-hybridized carbons (Fsp3) is 0.200. The van der Waals surface area contributed by atoms with Crippen molar-refractivity contribution in [1.29, 1.82) is 0 Å². The first kappa shape index (κ1) is 12.5. The second-order valence-electron chi connectivity index (χ2n) is 2.73. The van der Waals surface area contributed by atoms with Gasteiger partial charge in [0, 0.05) is 11.1 Å². The highest BCUT2D eigenvalue weighted by atomic mass is 35.5. The maximum Gasteiger partial charge on any atom is 0.0496 e. The first-order valence-corrected chi connectivity index (χ1v) is 4.17. The van der Waals surface area contributed by atoms with E-state index in [0.29, 0.717) is 5.02 Å². The number of rotatable bonds is 2. The molecule has 0 aliphatic heterocycles. The highest BCUT2D eigenvalue weighted by Gasteiger charge is 2.08. The van der Waals surface area contributed by atoms with Gasteiger partial charge in [0.15, 0.2) is 0 Å². The Hall–Kier alpha value is -0.500. The molecular formula is C10H13Cl2N. The van der Waals surface area contributed by atoms with Crippen LogP contribution in [0.15, 0.2) is 30.9 Å². The normalized spacial score (nSPS) is 11.6. The van der Waals surface area contributed by atoms with Crippen molar-refractivity contribution in [1.82, 2.24) is 0 Å². The second kappa shape index (κ2) is 5.28.